The molecule has 1 aromatic heterocycles. The van der Waals surface area contributed by atoms with Crippen molar-refractivity contribution in [3.05, 3.63) is 88.8 Å². The van der Waals surface area contributed by atoms with Gasteiger partial charge >= 0.3 is 6.05 Å². The van der Waals surface area contributed by atoms with Gasteiger partial charge in [-0.05, 0) is 57.4 Å². The molecule has 0 aliphatic rings. The molecule has 4 heteroatoms. The van der Waals surface area contributed by atoms with Gasteiger partial charge in [-0.25, -0.2) is 0 Å². The third-order valence-electron chi connectivity index (χ3n) is 4.57. The quantitative estimate of drug-likeness (QED) is 0.472. The maximum absolute atomic E-state index is 15.2. The maximum atomic E-state index is 15.2. The number of halogens is 2. The summed E-state index contributed by atoms with van der Waals surface area (Å²) in [6.07, 6.45) is 6.48. The normalized spacial score (nSPS) is 12.6. The molecule has 0 saturated carbocycles. The number of benzene rings is 1. The lowest BCUT2D eigenvalue weighted by Crippen LogP contribution is -2.26. The standard InChI is InChI=1S/C24H27F2NO/c1-17(13-14-21(5)28)11-12-18(2)15-23-19(3)16-20(4)27(23)24(25,26)22-9-7-6-8-10-22/h6-12,15-16H,1,13-14H2,2-5H3/b12-11-,18-15+. The van der Waals surface area contributed by atoms with Crippen molar-refractivity contribution in [3.8, 4) is 0 Å². The fourth-order valence-corrected chi connectivity index (χ4v) is 3.07. The molecule has 0 N–H and O–H groups in total. The summed E-state index contributed by atoms with van der Waals surface area (Å²) in [5.41, 5.74) is 3.38. The number of aryl methyl sites for hydroxylation is 2. The maximum Gasteiger partial charge on any atom is 0.356 e. The second-order valence-corrected chi connectivity index (χ2v) is 7.18. The Kier molecular flexibility index (Phi) is 6.90. The molecule has 2 nitrogen and oxygen atoms in total. The molecule has 0 aliphatic carbocycles. The van der Waals surface area contributed by atoms with Gasteiger partial charge in [0.15, 0.2) is 0 Å². The molecular formula is C24H27F2NO. The summed E-state index contributed by atoms with van der Waals surface area (Å²) in [6.45, 7) is 10.9. The Hall–Kier alpha value is -2.75. The van der Waals surface area contributed by atoms with Crippen LogP contribution >= 0.6 is 0 Å². The zero-order valence-electron chi connectivity index (χ0n) is 16.9. The van der Waals surface area contributed by atoms with Crippen molar-refractivity contribution in [1.29, 1.82) is 0 Å². The average Bonchev–Trinajstić information content (AvgIpc) is 2.92. The van der Waals surface area contributed by atoms with Gasteiger partial charge in [-0.1, -0.05) is 54.6 Å². The summed E-state index contributed by atoms with van der Waals surface area (Å²) >= 11 is 0. The van der Waals surface area contributed by atoms with Crippen LogP contribution in [0.4, 0.5) is 8.78 Å². The van der Waals surface area contributed by atoms with Crippen LogP contribution in [-0.4, -0.2) is 10.4 Å². The van der Waals surface area contributed by atoms with E-state index in [1.165, 1.54) is 12.1 Å². The van der Waals surface area contributed by atoms with Crippen LogP contribution in [0.3, 0.4) is 0 Å². The molecule has 0 unspecified atom stereocenters. The Morgan fingerprint density at radius 2 is 1.75 bits per heavy atom. The van der Waals surface area contributed by atoms with Crippen LogP contribution in [0.5, 0.6) is 0 Å². The zero-order chi connectivity index (χ0) is 20.9. The minimum Gasteiger partial charge on any atom is -0.300 e. The van der Waals surface area contributed by atoms with Crippen LogP contribution in [0.15, 0.2) is 66.3 Å². The van der Waals surface area contributed by atoms with Gasteiger partial charge in [0.05, 0.1) is 0 Å². The van der Waals surface area contributed by atoms with Crippen molar-refractivity contribution in [2.75, 3.05) is 0 Å². The molecule has 2 aromatic rings. The van der Waals surface area contributed by atoms with Crippen molar-refractivity contribution in [2.24, 2.45) is 0 Å². The second-order valence-electron chi connectivity index (χ2n) is 7.18. The van der Waals surface area contributed by atoms with Crippen LogP contribution in [0.2, 0.25) is 0 Å². The fraction of sp³-hybridized carbons (Fsp3) is 0.292. The van der Waals surface area contributed by atoms with Crippen LogP contribution in [0.25, 0.3) is 6.08 Å². The number of allylic oxidation sites excluding steroid dienone is 4. The lowest BCUT2D eigenvalue weighted by atomic mass is 10.1. The predicted molar refractivity (Wildman–Crippen MR) is 111 cm³/mol. The number of alkyl halides is 2. The Labute approximate surface area is 165 Å². The topological polar surface area (TPSA) is 22.0 Å². The van der Waals surface area contributed by atoms with Crippen molar-refractivity contribution < 1.29 is 13.6 Å². The van der Waals surface area contributed by atoms with Gasteiger partial charge in [0.2, 0.25) is 0 Å². The van der Waals surface area contributed by atoms with E-state index in [-0.39, 0.29) is 11.3 Å². The van der Waals surface area contributed by atoms with Gasteiger partial charge in [-0.15, -0.1) is 0 Å². The third-order valence-corrected chi connectivity index (χ3v) is 4.57. The van der Waals surface area contributed by atoms with E-state index in [1.807, 2.05) is 26.0 Å². The third kappa shape index (κ3) is 5.16. The van der Waals surface area contributed by atoms with Gasteiger partial charge in [0, 0.05) is 23.4 Å². The van der Waals surface area contributed by atoms with E-state index >= 15 is 8.78 Å². The zero-order valence-corrected chi connectivity index (χ0v) is 16.9. The minimum atomic E-state index is -3.15. The number of rotatable bonds is 8. The van der Waals surface area contributed by atoms with E-state index in [4.69, 9.17) is 0 Å². The van der Waals surface area contributed by atoms with Crippen molar-refractivity contribution in [2.45, 2.75) is 46.6 Å². The highest BCUT2D eigenvalue weighted by atomic mass is 19.3. The molecule has 1 heterocycles. The highest BCUT2D eigenvalue weighted by Gasteiger charge is 2.36. The van der Waals surface area contributed by atoms with Crippen molar-refractivity contribution in [3.63, 3.8) is 0 Å². The molecule has 0 bridgehead atoms. The van der Waals surface area contributed by atoms with E-state index in [0.717, 1.165) is 21.3 Å². The number of nitrogens with zero attached hydrogens (tertiary/aromatic N) is 1. The van der Waals surface area contributed by atoms with Gasteiger partial charge < -0.3 is 4.79 Å². The van der Waals surface area contributed by atoms with Crippen LogP contribution in [0.1, 0.15) is 49.2 Å². The fourth-order valence-electron chi connectivity index (χ4n) is 3.07. The highest BCUT2D eigenvalue weighted by molar-refractivity contribution is 5.75. The Balaban J connectivity index is 2.35. The van der Waals surface area contributed by atoms with E-state index < -0.39 is 6.05 Å². The molecular weight excluding hydrogens is 356 g/mol. The van der Waals surface area contributed by atoms with Crippen molar-refractivity contribution in [1.82, 2.24) is 4.57 Å². The molecule has 0 aliphatic heterocycles. The Morgan fingerprint density at radius 3 is 2.36 bits per heavy atom. The minimum absolute atomic E-state index is 0.0471. The molecule has 0 fully saturated rings. The second kappa shape index (κ2) is 8.96. The summed E-state index contributed by atoms with van der Waals surface area (Å²) in [5, 5.41) is 0. The number of carbonyl (C=O) groups is 1. The van der Waals surface area contributed by atoms with Crippen LogP contribution in [0, 0.1) is 13.8 Å². The molecule has 0 spiro atoms. The number of carbonyl (C=O) groups excluding carboxylic acids is 1. The predicted octanol–water partition coefficient (Wildman–Crippen LogP) is 6.59. The molecule has 1 aromatic carbocycles. The molecule has 0 saturated heterocycles. The molecule has 148 valence electrons. The summed E-state index contributed by atoms with van der Waals surface area (Å²) in [7, 11) is 0. The highest BCUT2D eigenvalue weighted by Crippen LogP contribution is 2.35. The van der Waals surface area contributed by atoms with Crippen LogP contribution in [-0.2, 0) is 10.8 Å². The number of hydrogen-bond acceptors (Lipinski definition) is 1. The number of hydrogen-bond donors (Lipinski definition) is 0. The summed E-state index contributed by atoms with van der Waals surface area (Å²) in [4.78, 5) is 11.1. The number of ketones is 1. The molecule has 0 radical (unpaired) electrons. The van der Waals surface area contributed by atoms with Gasteiger partial charge in [0.1, 0.15) is 5.78 Å². The monoisotopic (exact) mass is 383 g/mol. The van der Waals surface area contributed by atoms with E-state index in [0.29, 0.717) is 24.2 Å². The molecule has 0 amide bonds. The van der Waals surface area contributed by atoms with E-state index in [1.54, 1.807) is 44.2 Å². The molecule has 0 atom stereocenters. The van der Waals surface area contributed by atoms with Gasteiger partial charge in [-0.2, -0.15) is 8.78 Å². The first kappa shape index (κ1) is 21.5. The van der Waals surface area contributed by atoms with Gasteiger partial charge in [-0.3, -0.25) is 4.57 Å². The SMILES string of the molecule is C=C(/C=C\C(C)=C\c1c(C)cc(C)n1C(F)(F)c1ccccc1)CCC(C)=O. The summed E-state index contributed by atoms with van der Waals surface area (Å²) < 4.78 is 31.5. The first-order chi connectivity index (χ1) is 13.1. The van der Waals surface area contributed by atoms with E-state index in [9.17, 15) is 4.79 Å². The summed E-state index contributed by atoms with van der Waals surface area (Å²) in [5.74, 6) is 0.119. The summed E-state index contributed by atoms with van der Waals surface area (Å²) in [6, 6.07) is 6.45. The van der Waals surface area contributed by atoms with Gasteiger partial charge in [0.25, 0.3) is 0 Å². The number of aromatic nitrogens is 1. The van der Waals surface area contributed by atoms with Crippen molar-refractivity contribution >= 4 is 11.9 Å². The Morgan fingerprint density at radius 1 is 1.11 bits per heavy atom. The first-order valence-corrected chi connectivity index (χ1v) is 9.29. The largest absolute Gasteiger partial charge is 0.356 e. The molecule has 2 rings (SSSR count). The smallest absolute Gasteiger partial charge is 0.300 e. The number of Topliss-reactive ketones (excluding diaryl/α,β-unsaturated/α-hetero) is 1. The Bertz CT molecular complexity index is 918. The van der Waals surface area contributed by atoms with Crippen LogP contribution < -0.4 is 0 Å². The first-order valence-electron chi connectivity index (χ1n) is 9.29. The average molecular weight is 383 g/mol. The lowest BCUT2D eigenvalue weighted by molar-refractivity contribution is -0.116. The lowest BCUT2D eigenvalue weighted by Gasteiger charge is -2.23. The van der Waals surface area contributed by atoms with E-state index in [2.05, 4.69) is 6.58 Å². The molecule has 28 heavy (non-hydrogen) atoms.